The standard InChI is InChI=1S/C25H33ClN2O2/c1-27(16-3-17-29)18-19-4-6-20(7-5-19)21-10-14-24(15-11-21)28(2)25(30)22-8-12-23(26)13-9-22/h4-9,12-13,21,24,29H,3,10-11,14-18H2,1-2H3/t21-,24+. The van der Waals surface area contributed by atoms with Gasteiger partial charge < -0.3 is 14.9 Å². The van der Waals surface area contributed by atoms with Crippen molar-refractivity contribution in [3.05, 3.63) is 70.2 Å². The van der Waals surface area contributed by atoms with Crippen molar-refractivity contribution in [2.24, 2.45) is 0 Å². The van der Waals surface area contributed by atoms with Crippen molar-refractivity contribution in [1.82, 2.24) is 9.80 Å². The molecule has 0 radical (unpaired) electrons. The monoisotopic (exact) mass is 428 g/mol. The molecule has 3 rings (SSSR count). The lowest BCUT2D eigenvalue weighted by atomic mass is 9.81. The van der Waals surface area contributed by atoms with Gasteiger partial charge in [-0.3, -0.25) is 4.79 Å². The Labute approximate surface area is 185 Å². The first-order chi connectivity index (χ1) is 14.5. The van der Waals surface area contributed by atoms with Gasteiger partial charge in [-0.1, -0.05) is 35.9 Å². The molecule has 0 heterocycles. The maximum Gasteiger partial charge on any atom is 0.253 e. The molecule has 1 fully saturated rings. The zero-order valence-electron chi connectivity index (χ0n) is 18.1. The van der Waals surface area contributed by atoms with Crippen molar-refractivity contribution in [2.45, 2.75) is 50.6 Å². The van der Waals surface area contributed by atoms with Crippen LogP contribution < -0.4 is 0 Å². The van der Waals surface area contributed by atoms with Crippen molar-refractivity contribution < 1.29 is 9.90 Å². The topological polar surface area (TPSA) is 43.8 Å². The van der Waals surface area contributed by atoms with Gasteiger partial charge in [-0.15, -0.1) is 0 Å². The first-order valence-corrected chi connectivity index (χ1v) is 11.3. The van der Waals surface area contributed by atoms with Crippen molar-refractivity contribution >= 4 is 17.5 Å². The zero-order valence-corrected chi connectivity index (χ0v) is 18.8. The Balaban J connectivity index is 1.51. The number of aliphatic hydroxyl groups excluding tert-OH is 1. The van der Waals surface area contributed by atoms with Gasteiger partial charge in [-0.05, 0) is 80.5 Å². The van der Waals surface area contributed by atoms with E-state index in [2.05, 4.69) is 36.2 Å². The van der Waals surface area contributed by atoms with E-state index in [1.807, 2.05) is 11.9 Å². The predicted octanol–water partition coefficient (Wildman–Crippen LogP) is 4.95. The van der Waals surface area contributed by atoms with E-state index >= 15 is 0 Å². The summed E-state index contributed by atoms with van der Waals surface area (Å²) in [5.74, 6) is 0.645. The molecule has 30 heavy (non-hydrogen) atoms. The molecule has 1 aliphatic rings. The van der Waals surface area contributed by atoms with Crippen molar-refractivity contribution in [3.8, 4) is 0 Å². The Hall–Kier alpha value is -1.88. The van der Waals surface area contributed by atoms with Crippen molar-refractivity contribution in [2.75, 3.05) is 27.2 Å². The van der Waals surface area contributed by atoms with Crippen LogP contribution in [0.5, 0.6) is 0 Å². The number of rotatable bonds is 8. The van der Waals surface area contributed by atoms with Crippen LogP contribution in [0.3, 0.4) is 0 Å². The van der Waals surface area contributed by atoms with Gasteiger partial charge in [0.15, 0.2) is 0 Å². The number of halogens is 1. The number of nitrogens with zero attached hydrogens (tertiary/aromatic N) is 2. The van der Waals surface area contributed by atoms with E-state index in [0.29, 0.717) is 22.5 Å². The molecule has 2 aromatic carbocycles. The Bertz CT molecular complexity index is 799. The number of hydrogen-bond donors (Lipinski definition) is 1. The molecule has 0 saturated heterocycles. The van der Waals surface area contributed by atoms with E-state index in [1.165, 1.54) is 11.1 Å². The van der Waals surface area contributed by atoms with Gasteiger partial charge in [0.1, 0.15) is 0 Å². The van der Waals surface area contributed by atoms with E-state index < -0.39 is 0 Å². The van der Waals surface area contributed by atoms with Crippen LogP contribution in [0.2, 0.25) is 5.02 Å². The highest BCUT2D eigenvalue weighted by atomic mass is 35.5. The fourth-order valence-corrected chi connectivity index (χ4v) is 4.51. The number of aliphatic hydroxyl groups is 1. The van der Waals surface area contributed by atoms with Gasteiger partial charge in [0.05, 0.1) is 0 Å². The van der Waals surface area contributed by atoms with Crippen molar-refractivity contribution in [1.29, 1.82) is 0 Å². The average molecular weight is 429 g/mol. The van der Waals surface area contributed by atoms with Crippen LogP contribution in [0.15, 0.2) is 48.5 Å². The average Bonchev–Trinajstić information content (AvgIpc) is 2.78. The minimum atomic E-state index is 0.0739. The molecule has 2 aromatic rings. The molecule has 0 aliphatic heterocycles. The summed E-state index contributed by atoms with van der Waals surface area (Å²) >= 11 is 5.94. The quantitative estimate of drug-likeness (QED) is 0.646. The number of amides is 1. The van der Waals surface area contributed by atoms with E-state index in [4.69, 9.17) is 16.7 Å². The van der Waals surface area contributed by atoms with Gasteiger partial charge in [-0.2, -0.15) is 0 Å². The highest BCUT2D eigenvalue weighted by molar-refractivity contribution is 6.30. The minimum absolute atomic E-state index is 0.0739. The molecule has 0 spiro atoms. The molecule has 0 unspecified atom stereocenters. The highest BCUT2D eigenvalue weighted by Crippen LogP contribution is 2.35. The molecule has 162 valence electrons. The fourth-order valence-electron chi connectivity index (χ4n) is 4.38. The summed E-state index contributed by atoms with van der Waals surface area (Å²) in [7, 11) is 4.01. The number of carbonyl (C=O) groups excluding carboxylic acids is 1. The first kappa shape index (κ1) is 22.8. The lowest BCUT2D eigenvalue weighted by Crippen LogP contribution is -2.39. The molecule has 0 atom stereocenters. The number of hydrogen-bond acceptors (Lipinski definition) is 3. The Kier molecular flexibility index (Phi) is 8.32. The third-order valence-electron chi connectivity index (χ3n) is 6.26. The Morgan fingerprint density at radius 3 is 2.23 bits per heavy atom. The summed E-state index contributed by atoms with van der Waals surface area (Å²) in [5.41, 5.74) is 3.41. The maximum absolute atomic E-state index is 12.8. The number of benzene rings is 2. The van der Waals surface area contributed by atoms with Crippen LogP contribution in [0, 0.1) is 0 Å². The van der Waals surface area contributed by atoms with Crippen LogP contribution in [0.1, 0.15) is 59.5 Å². The second kappa shape index (κ2) is 10.9. The predicted molar refractivity (Wildman–Crippen MR) is 123 cm³/mol. The summed E-state index contributed by atoms with van der Waals surface area (Å²) in [6.45, 7) is 2.06. The smallest absolute Gasteiger partial charge is 0.253 e. The summed E-state index contributed by atoms with van der Waals surface area (Å²) in [5, 5.41) is 9.61. The molecular formula is C25H33ClN2O2. The van der Waals surface area contributed by atoms with Crippen LogP contribution >= 0.6 is 11.6 Å². The van der Waals surface area contributed by atoms with E-state index in [9.17, 15) is 4.79 Å². The molecule has 1 N–H and O–H groups in total. The third-order valence-corrected chi connectivity index (χ3v) is 6.51. The Morgan fingerprint density at radius 2 is 1.63 bits per heavy atom. The third kappa shape index (κ3) is 6.07. The molecule has 1 aliphatic carbocycles. The van der Waals surface area contributed by atoms with Gasteiger partial charge in [0.25, 0.3) is 5.91 Å². The lowest BCUT2D eigenvalue weighted by Gasteiger charge is -2.35. The first-order valence-electron chi connectivity index (χ1n) is 10.9. The van der Waals surface area contributed by atoms with E-state index in [1.54, 1.807) is 24.3 Å². The minimum Gasteiger partial charge on any atom is -0.396 e. The second-order valence-electron chi connectivity index (χ2n) is 8.48. The highest BCUT2D eigenvalue weighted by Gasteiger charge is 2.27. The molecular weight excluding hydrogens is 396 g/mol. The van der Waals surface area contributed by atoms with Crippen molar-refractivity contribution in [3.63, 3.8) is 0 Å². The molecule has 0 bridgehead atoms. The SMILES string of the molecule is CN(CCCO)Cc1ccc([C@H]2CC[C@@H](N(C)C(=O)c3ccc(Cl)cc3)CC2)cc1. The van der Waals surface area contributed by atoms with Gasteiger partial charge in [0.2, 0.25) is 0 Å². The fraction of sp³-hybridized carbons (Fsp3) is 0.480. The summed E-state index contributed by atoms with van der Waals surface area (Å²) < 4.78 is 0. The number of carbonyl (C=O) groups is 1. The van der Waals surface area contributed by atoms with Crippen LogP contribution in [-0.4, -0.2) is 54.1 Å². The second-order valence-corrected chi connectivity index (χ2v) is 8.92. The maximum atomic E-state index is 12.8. The van der Waals surface area contributed by atoms with Crippen LogP contribution in [-0.2, 0) is 6.54 Å². The summed E-state index contributed by atoms with van der Waals surface area (Å²) in [6, 6.07) is 16.4. The van der Waals surface area contributed by atoms with Crippen LogP contribution in [0.25, 0.3) is 0 Å². The van der Waals surface area contributed by atoms with E-state index in [-0.39, 0.29) is 12.5 Å². The van der Waals surface area contributed by atoms with Crippen LogP contribution in [0.4, 0.5) is 0 Å². The Morgan fingerprint density at radius 1 is 1.00 bits per heavy atom. The molecule has 5 heteroatoms. The largest absolute Gasteiger partial charge is 0.396 e. The molecule has 1 saturated carbocycles. The lowest BCUT2D eigenvalue weighted by molar-refractivity contribution is 0.0689. The molecule has 0 aromatic heterocycles. The summed E-state index contributed by atoms with van der Waals surface area (Å²) in [6.07, 6.45) is 5.10. The van der Waals surface area contributed by atoms with Gasteiger partial charge in [-0.25, -0.2) is 0 Å². The zero-order chi connectivity index (χ0) is 21.5. The normalized spacial score (nSPS) is 19.1. The molecule has 4 nitrogen and oxygen atoms in total. The van der Waals surface area contributed by atoms with E-state index in [0.717, 1.165) is 45.2 Å². The summed E-state index contributed by atoms with van der Waals surface area (Å²) in [4.78, 5) is 16.9. The van der Waals surface area contributed by atoms with Gasteiger partial charge >= 0.3 is 0 Å². The van der Waals surface area contributed by atoms with Gasteiger partial charge in [0, 0.05) is 43.4 Å². The molecule has 1 amide bonds.